The first-order valence-electron chi connectivity index (χ1n) is 17.8. The molecule has 0 unspecified atom stereocenters. The van der Waals surface area contributed by atoms with Crippen molar-refractivity contribution in [1.82, 2.24) is 13.7 Å². The second-order valence-electron chi connectivity index (χ2n) is 13.7. The van der Waals surface area contributed by atoms with Crippen LogP contribution in [-0.2, 0) is 0 Å². The third-order valence-corrected chi connectivity index (χ3v) is 11.0. The number of fused-ring (bicyclic) bond motifs is 11. The van der Waals surface area contributed by atoms with Crippen LogP contribution < -0.4 is 4.74 Å². The van der Waals surface area contributed by atoms with Crippen LogP contribution in [0.25, 0.3) is 93.6 Å². The van der Waals surface area contributed by atoms with E-state index in [1.54, 1.807) is 0 Å². The average molecular weight is 664 g/mol. The Hall–Kier alpha value is -7.04. The summed E-state index contributed by atoms with van der Waals surface area (Å²) >= 11 is 0. The molecule has 1 aliphatic rings. The molecular formula is C48H29N3O. The average Bonchev–Trinajstić information content (AvgIpc) is 3.85. The van der Waals surface area contributed by atoms with E-state index in [1.165, 1.54) is 59.9 Å². The summed E-state index contributed by atoms with van der Waals surface area (Å²) in [4.78, 5) is 0. The van der Waals surface area contributed by atoms with Crippen molar-refractivity contribution in [3.63, 3.8) is 0 Å². The molecule has 12 rings (SSSR count). The zero-order chi connectivity index (χ0) is 33.9. The second kappa shape index (κ2) is 10.3. The molecular weight excluding hydrogens is 635 g/mol. The van der Waals surface area contributed by atoms with Gasteiger partial charge in [0.1, 0.15) is 0 Å². The number of hydrogen-bond acceptors (Lipinski definition) is 1. The molecule has 0 amide bonds. The van der Waals surface area contributed by atoms with E-state index >= 15 is 0 Å². The highest BCUT2D eigenvalue weighted by Gasteiger charge is 2.26. The Bertz CT molecular complexity index is 3230. The Morgan fingerprint density at radius 1 is 0.346 bits per heavy atom. The van der Waals surface area contributed by atoms with Crippen LogP contribution in [0.5, 0.6) is 11.5 Å². The highest BCUT2D eigenvalue weighted by atomic mass is 16.5. The van der Waals surface area contributed by atoms with E-state index in [9.17, 15) is 0 Å². The van der Waals surface area contributed by atoms with Gasteiger partial charge in [0.25, 0.3) is 0 Å². The maximum Gasteiger partial charge on any atom is 0.160 e. The largest absolute Gasteiger partial charge is 0.452 e. The minimum atomic E-state index is 0.864. The van der Waals surface area contributed by atoms with Gasteiger partial charge in [0.2, 0.25) is 0 Å². The number of hydrogen-bond donors (Lipinski definition) is 0. The number of aromatic nitrogens is 3. The van der Waals surface area contributed by atoms with Gasteiger partial charge in [-0.15, -0.1) is 0 Å². The van der Waals surface area contributed by atoms with Gasteiger partial charge >= 0.3 is 0 Å². The van der Waals surface area contributed by atoms with E-state index in [2.05, 4.69) is 184 Å². The van der Waals surface area contributed by atoms with Crippen LogP contribution >= 0.6 is 0 Å². The Kier molecular flexibility index (Phi) is 5.47. The summed E-state index contributed by atoms with van der Waals surface area (Å²) < 4.78 is 14.0. The first kappa shape index (κ1) is 27.7. The van der Waals surface area contributed by atoms with Crippen LogP contribution in [0, 0.1) is 0 Å². The molecule has 0 atom stereocenters. The molecule has 0 bridgehead atoms. The van der Waals surface area contributed by atoms with Crippen molar-refractivity contribution >= 4 is 65.4 Å². The Morgan fingerprint density at radius 2 is 0.885 bits per heavy atom. The van der Waals surface area contributed by atoms with E-state index in [4.69, 9.17) is 4.74 Å². The van der Waals surface area contributed by atoms with Gasteiger partial charge in [-0.3, -0.25) is 0 Å². The van der Waals surface area contributed by atoms with Gasteiger partial charge in [-0.05, 0) is 78.4 Å². The molecule has 4 heteroatoms. The van der Waals surface area contributed by atoms with E-state index in [0.717, 1.165) is 45.2 Å². The zero-order valence-electron chi connectivity index (χ0n) is 28.0. The lowest BCUT2D eigenvalue weighted by Crippen LogP contribution is -2.05. The van der Waals surface area contributed by atoms with Crippen molar-refractivity contribution < 1.29 is 4.74 Å². The minimum absolute atomic E-state index is 0.864. The molecule has 4 heterocycles. The van der Waals surface area contributed by atoms with Crippen LogP contribution in [-0.4, -0.2) is 13.7 Å². The number of ether oxygens (including phenoxy) is 1. The normalized spacial score (nSPS) is 12.4. The summed E-state index contributed by atoms with van der Waals surface area (Å²) in [5.41, 5.74) is 12.6. The molecule has 0 fully saturated rings. The molecule has 0 saturated carbocycles. The van der Waals surface area contributed by atoms with E-state index < -0.39 is 0 Å². The quantitative estimate of drug-likeness (QED) is 0.185. The number of rotatable bonds is 3. The summed E-state index contributed by atoms with van der Waals surface area (Å²) in [5, 5.41) is 7.41. The molecule has 0 aliphatic carbocycles. The summed E-state index contributed by atoms with van der Waals surface area (Å²) in [6.45, 7) is 0. The number of benzene rings is 8. The summed E-state index contributed by atoms with van der Waals surface area (Å²) in [6, 6.07) is 63.4. The zero-order valence-corrected chi connectivity index (χ0v) is 28.0. The Morgan fingerprint density at radius 3 is 1.58 bits per heavy atom. The molecule has 4 nitrogen and oxygen atoms in total. The summed E-state index contributed by atoms with van der Waals surface area (Å²) in [5.74, 6) is 1.75. The van der Waals surface area contributed by atoms with Gasteiger partial charge in [0.15, 0.2) is 11.5 Å². The van der Waals surface area contributed by atoms with Crippen molar-refractivity contribution in [1.29, 1.82) is 0 Å². The van der Waals surface area contributed by atoms with Crippen molar-refractivity contribution in [2.75, 3.05) is 0 Å². The lowest BCUT2D eigenvalue weighted by molar-refractivity contribution is 0.478. The van der Waals surface area contributed by atoms with Crippen LogP contribution in [0.3, 0.4) is 0 Å². The monoisotopic (exact) mass is 663 g/mol. The number of para-hydroxylation sites is 6. The minimum Gasteiger partial charge on any atom is -0.452 e. The molecule has 8 aromatic carbocycles. The van der Waals surface area contributed by atoms with E-state index in [-0.39, 0.29) is 0 Å². The molecule has 0 radical (unpaired) electrons. The van der Waals surface area contributed by atoms with Gasteiger partial charge < -0.3 is 18.4 Å². The highest BCUT2D eigenvalue weighted by Crippen LogP contribution is 2.49. The molecule has 242 valence electrons. The summed E-state index contributed by atoms with van der Waals surface area (Å²) in [6.07, 6.45) is 0. The molecule has 3 aromatic heterocycles. The van der Waals surface area contributed by atoms with Crippen LogP contribution in [0.15, 0.2) is 176 Å². The fourth-order valence-electron chi connectivity index (χ4n) is 8.84. The van der Waals surface area contributed by atoms with Gasteiger partial charge in [0.05, 0.1) is 38.8 Å². The molecule has 0 saturated heterocycles. The van der Waals surface area contributed by atoms with Crippen molar-refractivity contribution in [3.05, 3.63) is 176 Å². The fraction of sp³-hybridized carbons (Fsp3) is 0. The van der Waals surface area contributed by atoms with Crippen molar-refractivity contribution in [3.8, 4) is 39.7 Å². The third-order valence-electron chi connectivity index (χ3n) is 11.0. The summed E-state index contributed by atoms with van der Waals surface area (Å²) in [7, 11) is 0. The van der Waals surface area contributed by atoms with Gasteiger partial charge in [-0.25, -0.2) is 0 Å². The van der Waals surface area contributed by atoms with Crippen LogP contribution in [0.2, 0.25) is 0 Å². The first-order chi connectivity index (χ1) is 25.8. The van der Waals surface area contributed by atoms with Crippen LogP contribution in [0.4, 0.5) is 0 Å². The van der Waals surface area contributed by atoms with E-state index in [1.807, 2.05) is 6.07 Å². The number of nitrogens with zero attached hydrogens (tertiary/aromatic N) is 3. The van der Waals surface area contributed by atoms with Gasteiger partial charge in [0, 0.05) is 49.3 Å². The molecule has 1 aliphatic heterocycles. The molecule has 0 spiro atoms. The van der Waals surface area contributed by atoms with Gasteiger partial charge in [-0.1, -0.05) is 103 Å². The third kappa shape index (κ3) is 3.65. The topological polar surface area (TPSA) is 24.0 Å². The lowest BCUT2D eigenvalue weighted by atomic mass is 10.0. The smallest absolute Gasteiger partial charge is 0.160 e. The lowest BCUT2D eigenvalue weighted by Gasteiger charge is -2.23. The molecule has 11 aromatic rings. The fourth-order valence-corrected chi connectivity index (χ4v) is 8.84. The standard InChI is InChI=1S/C48H29N3O/c1-5-18-40-34(14-1)35-15-2-6-19-41(35)50(40)32-24-27-44-39(29-32)37-17-4-7-20-42(37)49(44)31-13-11-12-30(28-31)33-25-26-38-36-16-3-8-21-43(36)51-45-22-9-10-23-46(45)52-48(33)47(38)51/h1-29H. The highest BCUT2D eigenvalue weighted by molar-refractivity contribution is 6.15. The van der Waals surface area contributed by atoms with E-state index in [0.29, 0.717) is 0 Å². The first-order valence-corrected chi connectivity index (χ1v) is 17.8. The maximum absolute atomic E-state index is 6.82. The Balaban J connectivity index is 1.07. The second-order valence-corrected chi connectivity index (χ2v) is 13.7. The SMILES string of the molecule is c1cc(-c2ccc3c4ccccc4n4c3c2Oc2ccccc2-4)cc(-n2c3ccccc3c3cc(-n4c5ccccc5c5ccccc54)ccc32)c1. The van der Waals surface area contributed by atoms with Crippen molar-refractivity contribution in [2.24, 2.45) is 0 Å². The molecule has 52 heavy (non-hydrogen) atoms. The maximum atomic E-state index is 6.82. The predicted octanol–water partition coefficient (Wildman–Crippen LogP) is 12.8. The Labute approximate surface area is 298 Å². The predicted molar refractivity (Wildman–Crippen MR) is 215 cm³/mol. The van der Waals surface area contributed by atoms with Gasteiger partial charge in [-0.2, -0.15) is 0 Å². The van der Waals surface area contributed by atoms with Crippen molar-refractivity contribution in [2.45, 2.75) is 0 Å². The van der Waals surface area contributed by atoms with Crippen LogP contribution in [0.1, 0.15) is 0 Å². The molecule has 0 N–H and O–H groups in total.